The van der Waals surface area contributed by atoms with Crippen molar-refractivity contribution in [1.29, 1.82) is 0 Å². The first kappa shape index (κ1) is 14.3. The minimum Gasteiger partial charge on any atom is -0.396 e. The van der Waals surface area contributed by atoms with Crippen LogP contribution in [-0.4, -0.2) is 40.7 Å². The first-order valence-electron chi connectivity index (χ1n) is 5.35. The van der Waals surface area contributed by atoms with Gasteiger partial charge in [0.2, 0.25) is 0 Å². The van der Waals surface area contributed by atoms with Crippen molar-refractivity contribution in [2.24, 2.45) is 0 Å². The molecule has 0 bridgehead atoms. The first-order chi connectivity index (χ1) is 8.15. The van der Waals surface area contributed by atoms with Crippen LogP contribution >= 0.6 is 23.1 Å². The number of hydrogen-bond donors (Lipinski definition) is 3. The second-order valence-electron chi connectivity index (χ2n) is 3.41. The van der Waals surface area contributed by atoms with Gasteiger partial charge in [-0.15, -0.1) is 0 Å². The number of aryl methyl sites for hydroxylation is 1. The standard InChI is InChI=1S/C10H17N3O2S2/c1-7-8(17-10(11)13-7)9(15)12-3-6-16-5-2-4-14/h14H,2-6H2,1H3,(H2,11,13)(H,12,15). The summed E-state index contributed by atoms with van der Waals surface area (Å²) in [6.45, 7) is 2.61. The molecule has 1 aromatic rings. The van der Waals surface area contributed by atoms with E-state index in [1.165, 1.54) is 11.3 Å². The van der Waals surface area contributed by atoms with Gasteiger partial charge in [-0.25, -0.2) is 4.98 Å². The van der Waals surface area contributed by atoms with Gasteiger partial charge < -0.3 is 16.2 Å². The van der Waals surface area contributed by atoms with Gasteiger partial charge in [0.15, 0.2) is 5.13 Å². The average Bonchev–Trinajstić information content (AvgIpc) is 2.62. The molecule has 1 amide bonds. The van der Waals surface area contributed by atoms with E-state index in [-0.39, 0.29) is 12.5 Å². The monoisotopic (exact) mass is 275 g/mol. The summed E-state index contributed by atoms with van der Waals surface area (Å²) < 4.78 is 0. The molecule has 0 unspecified atom stereocenters. The van der Waals surface area contributed by atoms with Crippen molar-refractivity contribution in [3.8, 4) is 0 Å². The second kappa shape index (κ2) is 7.52. The molecule has 0 aliphatic heterocycles. The van der Waals surface area contributed by atoms with Crippen LogP contribution in [0.1, 0.15) is 21.8 Å². The van der Waals surface area contributed by atoms with Crippen molar-refractivity contribution in [2.75, 3.05) is 30.4 Å². The number of nitrogen functional groups attached to an aromatic ring is 1. The molecule has 0 spiro atoms. The highest BCUT2D eigenvalue weighted by Crippen LogP contribution is 2.19. The van der Waals surface area contributed by atoms with Crippen molar-refractivity contribution >= 4 is 34.1 Å². The van der Waals surface area contributed by atoms with Crippen LogP contribution in [-0.2, 0) is 0 Å². The third kappa shape index (κ3) is 4.93. The number of carbonyl (C=O) groups excluding carboxylic acids is 1. The van der Waals surface area contributed by atoms with E-state index < -0.39 is 0 Å². The minimum atomic E-state index is -0.112. The fourth-order valence-electron chi connectivity index (χ4n) is 1.21. The molecule has 17 heavy (non-hydrogen) atoms. The number of thioether (sulfide) groups is 1. The summed E-state index contributed by atoms with van der Waals surface area (Å²) in [5.74, 6) is 1.65. The van der Waals surface area contributed by atoms with Crippen molar-refractivity contribution < 1.29 is 9.90 Å². The van der Waals surface area contributed by atoms with Gasteiger partial charge in [-0.05, 0) is 19.1 Å². The van der Waals surface area contributed by atoms with Crippen LogP contribution in [0.15, 0.2) is 0 Å². The molecule has 0 aliphatic rings. The lowest BCUT2D eigenvalue weighted by molar-refractivity contribution is 0.0959. The normalized spacial score (nSPS) is 10.5. The fourth-order valence-corrected chi connectivity index (χ4v) is 2.75. The van der Waals surface area contributed by atoms with Gasteiger partial charge in [0, 0.05) is 18.9 Å². The van der Waals surface area contributed by atoms with Crippen LogP contribution in [0.2, 0.25) is 0 Å². The average molecular weight is 275 g/mol. The molecular weight excluding hydrogens is 258 g/mol. The number of rotatable bonds is 7. The molecule has 0 aliphatic carbocycles. The Hall–Kier alpha value is -0.790. The predicted octanol–water partition coefficient (Wildman–Crippen LogP) is 0.879. The van der Waals surface area contributed by atoms with Crippen molar-refractivity contribution in [3.63, 3.8) is 0 Å². The molecule has 0 aromatic carbocycles. The molecule has 4 N–H and O–H groups in total. The number of amides is 1. The molecule has 0 saturated heterocycles. The van der Waals surface area contributed by atoms with Gasteiger partial charge in [-0.2, -0.15) is 11.8 Å². The Kier molecular flexibility index (Phi) is 6.31. The Balaban J connectivity index is 2.23. The summed E-state index contributed by atoms with van der Waals surface area (Å²) >= 11 is 2.92. The molecule has 5 nitrogen and oxygen atoms in total. The summed E-state index contributed by atoms with van der Waals surface area (Å²) in [7, 11) is 0. The summed E-state index contributed by atoms with van der Waals surface area (Å²) in [5, 5.41) is 11.8. The van der Waals surface area contributed by atoms with Crippen LogP contribution in [0.4, 0.5) is 5.13 Å². The lowest BCUT2D eigenvalue weighted by Gasteiger charge is -2.03. The number of anilines is 1. The van der Waals surface area contributed by atoms with Crippen LogP contribution in [0.5, 0.6) is 0 Å². The van der Waals surface area contributed by atoms with Crippen molar-refractivity contribution in [2.45, 2.75) is 13.3 Å². The van der Waals surface area contributed by atoms with E-state index in [1.807, 2.05) is 0 Å². The minimum absolute atomic E-state index is 0.112. The Morgan fingerprint density at radius 3 is 2.94 bits per heavy atom. The van der Waals surface area contributed by atoms with E-state index in [2.05, 4.69) is 10.3 Å². The third-order valence-corrected chi connectivity index (χ3v) is 4.05. The number of aliphatic hydroxyl groups excluding tert-OH is 1. The summed E-state index contributed by atoms with van der Waals surface area (Å²) in [6, 6.07) is 0. The Morgan fingerprint density at radius 2 is 2.35 bits per heavy atom. The zero-order valence-electron chi connectivity index (χ0n) is 9.73. The highest BCUT2D eigenvalue weighted by atomic mass is 32.2. The quantitative estimate of drug-likeness (QED) is 0.643. The second-order valence-corrected chi connectivity index (χ2v) is 5.67. The van der Waals surface area contributed by atoms with Gasteiger partial charge in [0.05, 0.1) is 5.69 Å². The Bertz CT molecular complexity index is 368. The van der Waals surface area contributed by atoms with Crippen molar-refractivity contribution in [1.82, 2.24) is 10.3 Å². The molecule has 96 valence electrons. The Labute approximate surface area is 109 Å². The summed E-state index contributed by atoms with van der Waals surface area (Å²) in [6.07, 6.45) is 0.795. The highest BCUT2D eigenvalue weighted by Gasteiger charge is 2.13. The van der Waals surface area contributed by atoms with E-state index in [1.54, 1.807) is 18.7 Å². The molecule has 1 aromatic heterocycles. The molecule has 0 fully saturated rings. The maximum absolute atomic E-state index is 11.7. The number of nitrogens with zero attached hydrogens (tertiary/aromatic N) is 1. The molecule has 7 heteroatoms. The van der Waals surface area contributed by atoms with E-state index in [0.717, 1.165) is 17.9 Å². The SMILES string of the molecule is Cc1nc(N)sc1C(=O)NCCSCCCO. The molecule has 0 atom stereocenters. The fraction of sp³-hybridized carbons (Fsp3) is 0.600. The number of nitrogens with one attached hydrogen (secondary N) is 1. The van der Waals surface area contributed by atoms with Gasteiger partial charge in [-0.3, -0.25) is 4.79 Å². The van der Waals surface area contributed by atoms with Crippen LogP contribution in [0.3, 0.4) is 0 Å². The zero-order chi connectivity index (χ0) is 12.7. The predicted molar refractivity (Wildman–Crippen MR) is 72.6 cm³/mol. The van der Waals surface area contributed by atoms with Crippen LogP contribution in [0.25, 0.3) is 0 Å². The molecule has 0 radical (unpaired) electrons. The number of carbonyl (C=O) groups is 1. The van der Waals surface area contributed by atoms with Gasteiger partial charge in [0.25, 0.3) is 5.91 Å². The smallest absolute Gasteiger partial charge is 0.263 e. The van der Waals surface area contributed by atoms with Gasteiger partial charge >= 0.3 is 0 Å². The van der Waals surface area contributed by atoms with Crippen LogP contribution in [0, 0.1) is 6.92 Å². The Morgan fingerprint density at radius 1 is 1.59 bits per heavy atom. The summed E-state index contributed by atoms with van der Waals surface area (Å²) in [5.41, 5.74) is 6.21. The number of nitrogens with two attached hydrogens (primary N) is 1. The first-order valence-corrected chi connectivity index (χ1v) is 7.32. The van der Waals surface area contributed by atoms with E-state index in [0.29, 0.717) is 22.2 Å². The number of hydrogen-bond acceptors (Lipinski definition) is 6. The topological polar surface area (TPSA) is 88.2 Å². The zero-order valence-corrected chi connectivity index (χ0v) is 11.4. The van der Waals surface area contributed by atoms with Crippen molar-refractivity contribution in [3.05, 3.63) is 10.6 Å². The number of thiazole rings is 1. The van der Waals surface area contributed by atoms with E-state index in [4.69, 9.17) is 10.8 Å². The van der Waals surface area contributed by atoms with Gasteiger partial charge in [0.1, 0.15) is 4.88 Å². The maximum Gasteiger partial charge on any atom is 0.263 e. The molecular formula is C10H17N3O2S2. The molecule has 0 saturated carbocycles. The lowest BCUT2D eigenvalue weighted by Crippen LogP contribution is -2.25. The molecule has 1 heterocycles. The lowest BCUT2D eigenvalue weighted by atomic mass is 10.4. The summed E-state index contributed by atoms with van der Waals surface area (Å²) in [4.78, 5) is 16.3. The van der Waals surface area contributed by atoms with Crippen LogP contribution < -0.4 is 11.1 Å². The number of aliphatic hydroxyl groups is 1. The highest BCUT2D eigenvalue weighted by molar-refractivity contribution is 7.99. The number of aromatic nitrogens is 1. The molecule has 1 rings (SSSR count). The third-order valence-electron chi connectivity index (χ3n) is 2.00. The maximum atomic E-state index is 11.7. The largest absolute Gasteiger partial charge is 0.396 e. The van der Waals surface area contributed by atoms with Gasteiger partial charge in [-0.1, -0.05) is 11.3 Å². The van der Waals surface area contributed by atoms with E-state index in [9.17, 15) is 4.79 Å². The van der Waals surface area contributed by atoms with E-state index >= 15 is 0 Å².